The minimum atomic E-state index is 0. The zero-order chi connectivity index (χ0) is 33.3. The van der Waals surface area contributed by atoms with Crippen molar-refractivity contribution in [2.24, 2.45) is 0 Å². The van der Waals surface area contributed by atoms with Gasteiger partial charge in [-0.1, -0.05) is 53.5 Å². The molecule has 10 heteroatoms. The Balaban J connectivity index is 0.00000210. The quantitative estimate of drug-likeness (QED) is 0.112. The standard InChI is InChI=1S/C42H23N5O2S.2Pd/c1-3-19-43-37(12-1)28-8-5-10-31(22-28)48-33-15-17-35-36-18-16-34(49-32-11-6-9-29(23-32)38-13-2-4-20-44-38)25-40(36)47(39(35)24-33)42-45-26-30(27-46-42)41-14-7-21-50-41;;/h1-21,26-27H;;/q-4;2*+2. The first kappa shape index (κ1) is 35.1. The molecule has 9 rings (SSSR count). The zero-order valence-corrected chi connectivity index (χ0v) is 30.8. The Morgan fingerprint density at radius 1 is 0.500 bits per heavy atom. The third kappa shape index (κ3) is 7.09. The van der Waals surface area contributed by atoms with E-state index in [0.29, 0.717) is 28.9 Å². The summed E-state index contributed by atoms with van der Waals surface area (Å²) in [4.78, 5) is 19.6. The Labute approximate surface area is 331 Å². The summed E-state index contributed by atoms with van der Waals surface area (Å²) < 4.78 is 14.6. The van der Waals surface area contributed by atoms with E-state index in [1.165, 1.54) is 0 Å². The zero-order valence-electron chi connectivity index (χ0n) is 26.9. The van der Waals surface area contributed by atoms with E-state index < -0.39 is 0 Å². The molecule has 4 aromatic carbocycles. The van der Waals surface area contributed by atoms with Gasteiger partial charge in [0.15, 0.2) is 0 Å². The average Bonchev–Trinajstić information content (AvgIpc) is 3.83. The molecule has 0 unspecified atom stereocenters. The first-order valence-electron chi connectivity index (χ1n) is 15.8. The Morgan fingerprint density at radius 2 is 1.04 bits per heavy atom. The maximum Gasteiger partial charge on any atom is 2.00 e. The fraction of sp³-hybridized carbons (Fsp3) is 0. The summed E-state index contributed by atoms with van der Waals surface area (Å²) in [6, 6.07) is 48.6. The Kier molecular flexibility index (Phi) is 10.5. The van der Waals surface area contributed by atoms with E-state index in [2.05, 4.69) is 40.3 Å². The van der Waals surface area contributed by atoms with E-state index in [-0.39, 0.29) is 40.8 Å². The smallest absolute Gasteiger partial charge is 0.503 e. The van der Waals surface area contributed by atoms with Crippen LogP contribution in [0.25, 0.3) is 60.7 Å². The van der Waals surface area contributed by atoms with Gasteiger partial charge < -0.3 is 24.0 Å². The molecular formula is C42H23N5O2Pd2S. The van der Waals surface area contributed by atoms with Crippen molar-refractivity contribution in [3.05, 3.63) is 164 Å². The van der Waals surface area contributed by atoms with Crippen LogP contribution >= 0.6 is 11.3 Å². The van der Waals surface area contributed by atoms with Crippen LogP contribution in [0.3, 0.4) is 0 Å². The third-order valence-electron chi connectivity index (χ3n) is 8.04. The number of pyridine rings is 2. The molecule has 0 aliphatic carbocycles. The first-order chi connectivity index (χ1) is 24.7. The van der Waals surface area contributed by atoms with Gasteiger partial charge >= 0.3 is 40.8 Å². The van der Waals surface area contributed by atoms with Gasteiger partial charge in [-0.05, 0) is 35.0 Å². The number of benzene rings is 4. The van der Waals surface area contributed by atoms with Crippen molar-refractivity contribution in [2.75, 3.05) is 0 Å². The summed E-state index contributed by atoms with van der Waals surface area (Å²) in [7, 11) is 0. The van der Waals surface area contributed by atoms with Crippen molar-refractivity contribution >= 4 is 33.1 Å². The molecule has 0 spiro atoms. The predicted octanol–water partition coefficient (Wildman–Crippen LogP) is 10.2. The summed E-state index contributed by atoms with van der Waals surface area (Å²) in [5, 5.41) is 3.92. The number of rotatable bonds is 8. The van der Waals surface area contributed by atoms with Crippen LogP contribution in [0.15, 0.2) is 139 Å². The molecule has 0 amide bonds. The molecule has 0 saturated carbocycles. The van der Waals surface area contributed by atoms with Gasteiger partial charge in [0.05, 0.1) is 0 Å². The van der Waals surface area contributed by atoms with Gasteiger partial charge in [-0.15, -0.1) is 83.1 Å². The summed E-state index contributed by atoms with van der Waals surface area (Å²) in [5.74, 6) is 2.61. The van der Waals surface area contributed by atoms with Crippen LogP contribution in [-0.2, 0) is 40.8 Å². The van der Waals surface area contributed by atoms with Crippen molar-refractivity contribution in [1.29, 1.82) is 0 Å². The number of thiophene rings is 1. The normalized spacial score (nSPS) is 10.8. The molecule has 0 saturated heterocycles. The van der Waals surface area contributed by atoms with Crippen molar-refractivity contribution < 1.29 is 50.3 Å². The number of aromatic nitrogens is 5. The van der Waals surface area contributed by atoms with Crippen LogP contribution in [0, 0.1) is 24.3 Å². The molecule has 0 N–H and O–H groups in total. The number of nitrogens with zero attached hydrogens (tertiary/aromatic N) is 5. The number of fused-ring (bicyclic) bond motifs is 3. The number of hydrogen-bond acceptors (Lipinski definition) is 7. The Hall–Kier alpha value is -5.32. The molecule has 0 bridgehead atoms. The van der Waals surface area contributed by atoms with Gasteiger partial charge in [-0.2, -0.15) is 22.9 Å². The SMILES string of the molecule is [Pd+2].[Pd+2].[c-]1c(Oc2[c-]c3c(cc2)c2ccc(Oc4[c-]c(-c5ccccn5)ccc4)[c-]c2n3-c2ncc(-c3cccs3)cn2)cccc1-c1ccccn1. The molecule has 52 heavy (non-hydrogen) atoms. The molecule has 0 radical (unpaired) electrons. The number of hydrogen-bond donors (Lipinski definition) is 0. The molecule has 5 heterocycles. The molecular weight excluding hydrogens is 851 g/mol. The van der Waals surface area contributed by atoms with Crippen LogP contribution in [0.2, 0.25) is 0 Å². The second kappa shape index (κ2) is 15.5. The van der Waals surface area contributed by atoms with E-state index in [4.69, 9.17) is 19.4 Å². The maximum absolute atomic E-state index is 6.32. The molecule has 9 aromatic rings. The summed E-state index contributed by atoms with van der Waals surface area (Å²) in [6.45, 7) is 0. The predicted molar refractivity (Wildman–Crippen MR) is 195 cm³/mol. The molecule has 0 aliphatic rings. The van der Waals surface area contributed by atoms with Gasteiger partial charge in [0.2, 0.25) is 5.95 Å². The van der Waals surface area contributed by atoms with E-state index in [9.17, 15) is 0 Å². The molecule has 0 atom stereocenters. The molecule has 5 aromatic heterocycles. The van der Waals surface area contributed by atoms with Crippen LogP contribution in [0.5, 0.6) is 23.0 Å². The van der Waals surface area contributed by atoms with Crippen molar-refractivity contribution in [2.45, 2.75) is 0 Å². The number of ether oxygens (including phenoxy) is 2. The fourth-order valence-corrected chi connectivity index (χ4v) is 6.45. The second-order valence-electron chi connectivity index (χ2n) is 11.2. The Bertz CT molecular complexity index is 2460. The monoisotopic (exact) mass is 873 g/mol. The average molecular weight is 875 g/mol. The van der Waals surface area contributed by atoms with Crippen molar-refractivity contribution in [3.8, 4) is 61.9 Å². The molecule has 0 aliphatic heterocycles. The third-order valence-corrected chi connectivity index (χ3v) is 8.95. The summed E-state index contributed by atoms with van der Waals surface area (Å²) in [5.41, 5.74) is 5.71. The minimum absolute atomic E-state index is 0. The molecule has 7 nitrogen and oxygen atoms in total. The van der Waals surface area contributed by atoms with Gasteiger partial charge in [-0.3, -0.25) is 0 Å². The van der Waals surface area contributed by atoms with Crippen LogP contribution in [0.4, 0.5) is 0 Å². The van der Waals surface area contributed by atoms with Crippen LogP contribution in [0.1, 0.15) is 0 Å². The van der Waals surface area contributed by atoms with E-state index in [1.54, 1.807) is 23.7 Å². The largest absolute Gasteiger partial charge is 2.00 e. The van der Waals surface area contributed by atoms with Gasteiger partial charge in [0.25, 0.3) is 0 Å². The van der Waals surface area contributed by atoms with Gasteiger partial charge in [0, 0.05) is 58.2 Å². The van der Waals surface area contributed by atoms with Crippen LogP contribution in [-0.4, -0.2) is 24.5 Å². The molecule has 254 valence electrons. The maximum atomic E-state index is 6.32. The van der Waals surface area contributed by atoms with E-state index in [1.807, 2.05) is 125 Å². The van der Waals surface area contributed by atoms with E-state index >= 15 is 0 Å². The summed E-state index contributed by atoms with van der Waals surface area (Å²) in [6.07, 6.45) is 7.19. The van der Waals surface area contributed by atoms with Crippen molar-refractivity contribution in [3.63, 3.8) is 0 Å². The first-order valence-corrected chi connectivity index (χ1v) is 16.7. The van der Waals surface area contributed by atoms with Gasteiger partial charge in [-0.25, -0.2) is 9.97 Å². The van der Waals surface area contributed by atoms with Gasteiger partial charge in [0.1, 0.15) is 0 Å². The molecule has 0 fully saturated rings. The van der Waals surface area contributed by atoms with Crippen molar-refractivity contribution in [1.82, 2.24) is 24.5 Å². The second-order valence-corrected chi connectivity index (χ2v) is 12.2. The fourth-order valence-electron chi connectivity index (χ4n) is 5.75. The minimum Gasteiger partial charge on any atom is -0.503 e. The topological polar surface area (TPSA) is 75.0 Å². The van der Waals surface area contributed by atoms with E-state index in [0.717, 1.165) is 54.8 Å². The summed E-state index contributed by atoms with van der Waals surface area (Å²) >= 11 is 1.64. The van der Waals surface area contributed by atoms with Crippen LogP contribution < -0.4 is 9.47 Å². The Morgan fingerprint density at radius 3 is 1.52 bits per heavy atom.